The molecule has 1 unspecified atom stereocenters. The minimum absolute atomic E-state index is 0.00918. The lowest BCUT2D eigenvalue weighted by Crippen LogP contribution is -2.29. The Balaban J connectivity index is 1.31. The smallest absolute Gasteiger partial charge is 0.301 e. The second-order valence-electron chi connectivity index (χ2n) is 11.6. The summed E-state index contributed by atoms with van der Waals surface area (Å²) in [6, 6.07) is 29.9. The van der Waals surface area contributed by atoms with Crippen LogP contribution >= 0.6 is 23.1 Å². The van der Waals surface area contributed by atoms with E-state index in [0.29, 0.717) is 38.7 Å². The van der Waals surface area contributed by atoms with Crippen LogP contribution in [0.15, 0.2) is 107 Å². The monoisotopic (exact) mass is 662 g/mol. The molecule has 0 saturated carbocycles. The third-order valence-corrected chi connectivity index (χ3v) is 10.00. The topological polar surface area (TPSA) is 95.9 Å². The molecular formula is C37H34N4O4S2. The van der Waals surface area contributed by atoms with Gasteiger partial charge in [-0.2, -0.15) is 0 Å². The zero-order chi connectivity index (χ0) is 33.1. The molecule has 1 aromatic heterocycles. The van der Waals surface area contributed by atoms with Crippen molar-refractivity contribution in [2.24, 2.45) is 0 Å². The van der Waals surface area contributed by atoms with E-state index >= 15 is 0 Å². The number of anilines is 2. The van der Waals surface area contributed by atoms with Gasteiger partial charge in [0.15, 0.2) is 4.34 Å². The number of aliphatic hydroxyl groups excluding tert-OH is 1. The van der Waals surface area contributed by atoms with Crippen molar-refractivity contribution in [2.45, 2.75) is 36.6 Å². The van der Waals surface area contributed by atoms with E-state index in [1.165, 1.54) is 33.6 Å². The lowest BCUT2D eigenvalue weighted by Gasteiger charge is -2.23. The number of aromatic nitrogens is 2. The van der Waals surface area contributed by atoms with Crippen LogP contribution in [0.25, 0.3) is 5.76 Å². The van der Waals surface area contributed by atoms with Crippen molar-refractivity contribution in [3.05, 3.63) is 136 Å². The van der Waals surface area contributed by atoms with Crippen molar-refractivity contribution in [3.63, 3.8) is 0 Å². The molecule has 0 radical (unpaired) electrons. The third kappa shape index (κ3) is 7.08. The fourth-order valence-corrected chi connectivity index (χ4v) is 7.14. The number of thioether (sulfide) groups is 1. The molecule has 1 amide bonds. The molecule has 1 saturated heterocycles. The Morgan fingerprint density at radius 2 is 1.62 bits per heavy atom. The molecule has 10 heteroatoms. The van der Waals surface area contributed by atoms with E-state index in [2.05, 4.69) is 40.5 Å². The maximum Gasteiger partial charge on any atom is 0.301 e. The molecular weight excluding hydrogens is 629 g/mol. The summed E-state index contributed by atoms with van der Waals surface area (Å²) in [5.41, 5.74) is 6.54. The van der Waals surface area contributed by atoms with Gasteiger partial charge >= 0.3 is 5.91 Å². The molecule has 1 N–H and O–H groups in total. The average molecular weight is 663 g/mol. The van der Waals surface area contributed by atoms with E-state index < -0.39 is 17.7 Å². The second kappa shape index (κ2) is 13.8. The molecule has 2 heterocycles. The molecule has 1 aliphatic heterocycles. The van der Waals surface area contributed by atoms with Crippen LogP contribution < -0.4 is 14.5 Å². The molecule has 1 aliphatic rings. The van der Waals surface area contributed by atoms with Crippen LogP contribution in [0.1, 0.15) is 39.4 Å². The fraction of sp³-hybridized carbons (Fsp3) is 0.189. The summed E-state index contributed by atoms with van der Waals surface area (Å²) in [4.78, 5) is 30.7. The second-order valence-corrected chi connectivity index (χ2v) is 13.8. The first kappa shape index (κ1) is 32.0. The van der Waals surface area contributed by atoms with E-state index in [1.807, 2.05) is 75.3 Å². The Morgan fingerprint density at radius 3 is 2.30 bits per heavy atom. The van der Waals surface area contributed by atoms with Gasteiger partial charge in [0.25, 0.3) is 5.78 Å². The van der Waals surface area contributed by atoms with Gasteiger partial charge in [0.05, 0.1) is 11.6 Å². The minimum atomic E-state index is -0.897. The maximum absolute atomic E-state index is 13.7. The quantitative estimate of drug-likeness (QED) is 0.0534. The lowest BCUT2D eigenvalue weighted by molar-refractivity contribution is -0.132. The van der Waals surface area contributed by atoms with Crippen molar-refractivity contribution in [1.82, 2.24) is 10.2 Å². The Kier molecular flexibility index (Phi) is 9.42. The number of hydrogen-bond acceptors (Lipinski definition) is 9. The number of Topliss-reactive ketones (excluding diaryl/α,β-unsaturated/α-hetero) is 1. The summed E-state index contributed by atoms with van der Waals surface area (Å²) in [5, 5.41) is 20.6. The fourth-order valence-electron chi connectivity index (χ4n) is 5.32. The van der Waals surface area contributed by atoms with Crippen LogP contribution in [-0.4, -0.2) is 41.1 Å². The molecule has 1 fully saturated rings. The van der Waals surface area contributed by atoms with Crippen molar-refractivity contribution < 1.29 is 19.4 Å². The maximum atomic E-state index is 13.7. The summed E-state index contributed by atoms with van der Waals surface area (Å²) in [6.07, 6.45) is 0. The number of aliphatic hydroxyl groups is 1. The number of amides is 1. The van der Waals surface area contributed by atoms with Crippen LogP contribution in [0.4, 0.5) is 10.8 Å². The predicted octanol–water partition coefficient (Wildman–Crippen LogP) is 7.72. The highest BCUT2D eigenvalue weighted by Crippen LogP contribution is 2.44. The number of nitrogens with zero attached hydrogens (tertiary/aromatic N) is 4. The number of hydrogen-bond donors (Lipinski definition) is 1. The summed E-state index contributed by atoms with van der Waals surface area (Å²) < 4.78 is 6.62. The van der Waals surface area contributed by atoms with Gasteiger partial charge in [-0.05, 0) is 66.9 Å². The van der Waals surface area contributed by atoms with Gasteiger partial charge in [-0.15, -0.1) is 10.2 Å². The third-order valence-electron chi connectivity index (χ3n) is 7.87. The molecule has 1 atom stereocenters. The van der Waals surface area contributed by atoms with Gasteiger partial charge in [0.1, 0.15) is 18.1 Å². The first-order valence-corrected chi connectivity index (χ1v) is 16.9. The molecule has 0 aliphatic carbocycles. The number of ketones is 1. The summed E-state index contributed by atoms with van der Waals surface area (Å²) in [6.45, 7) is 4.48. The summed E-state index contributed by atoms with van der Waals surface area (Å²) in [7, 11) is 3.87. The Morgan fingerprint density at radius 1 is 0.894 bits per heavy atom. The van der Waals surface area contributed by atoms with Crippen LogP contribution in [-0.2, 0) is 21.9 Å². The Hall–Kier alpha value is -4.93. The van der Waals surface area contributed by atoms with Crippen LogP contribution in [0, 0.1) is 13.8 Å². The van der Waals surface area contributed by atoms with Gasteiger partial charge in [-0.25, -0.2) is 0 Å². The number of benzene rings is 4. The van der Waals surface area contributed by atoms with Gasteiger partial charge < -0.3 is 14.7 Å². The van der Waals surface area contributed by atoms with Crippen molar-refractivity contribution in [1.29, 1.82) is 0 Å². The van der Waals surface area contributed by atoms with Gasteiger partial charge in [-0.3, -0.25) is 14.5 Å². The molecule has 0 spiro atoms. The predicted molar refractivity (Wildman–Crippen MR) is 188 cm³/mol. The number of carbonyl (C=O) groups is 2. The van der Waals surface area contributed by atoms with Crippen molar-refractivity contribution in [3.8, 4) is 5.75 Å². The van der Waals surface area contributed by atoms with Crippen LogP contribution in [0.3, 0.4) is 0 Å². The van der Waals surface area contributed by atoms with Crippen LogP contribution in [0.2, 0.25) is 0 Å². The highest BCUT2D eigenvalue weighted by atomic mass is 32.2. The SMILES string of the molecule is Cc1ccc(CSc2nnc(N3C(=O)C(=O)C(=C(O)c4ccc(OCc5cccc(C)c5)cc4)C3c3ccc(N(C)C)cc3)s2)cc1. The molecule has 47 heavy (non-hydrogen) atoms. The largest absolute Gasteiger partial charge is 0.507 e. The minimum Gasteiger partial charge on any atom is -0.507 e. The molecule has 0 bridgehead atoms. The Bertz CT molecular complexity index is 1930. The molecule has 8 nitrogen and oxygen atoms in total. The summed E-state index contributed by atoms with van der Waals surface area (Å²) in [5.74, 6) is -0.515. The first-order valence-electron chi connectivity index (χ1n) is 15.1. The molecule has 6 rings (SSSR count). The van der Waals surface area contributed by atoms with E-state index in [1.54, 1.807) is 24.3 Å². The number of rotatable bonds is 10. The Labute approximate surface area is 282 Å². The molecule has 4 aromatic carbocycles. The van der Waals surface area contributed by atoms with E-state index in [0.717, 1.165) is 22.4 Å². The highest BCUT2D eigenvalue weighted by Gasteiger charge is 2.48. The normalized spacial score (nSPS) is 15.7. The number of carbonyl (C=O) groups excluding carboxylic acids is 2. The lowest BCUT2D eigenvalue weighted by atomic mass is 9.95. The standard InChI is InChI=1S/C37H34N4O4S2/c1-23-8-10-25(11-9-23)22-46-37-39-38-36(47-37)41-32(27-12-16-29(17-13-27)40(3)4)31(34(43)35(41)44)33(42)28-14-18-30(19-15-28)45-21-26-7-5-6-24(2)20-26/h5-20,32,42H,21-22H2,1-4H3. The van der Waals surface area contributed by atoms with Crippen molar-refractivity contribution in [2.75, 3.05) is 23.9 Å². The van der Waals surface area contributed by atoms with Crippen LogP contribution in [0.5, 0.6) is 5.75 Å². The zero-order valence-electron chi connectivity index (χ0n) is 26.5. The summed E-state index contributed by atoms with van der Waals surface area (Å²) >= 11 is 2.76. The van der Waals surface area contributed by atoms with E-state index in [-0.39, 0.29) is 11.3 Å². The van der Waals surface area contributed by atoms with Gasteiger partial charge in [0, 0.05) is 31.1 Å². The van der Waals surface area contributed by atoms with E-state index in [9.17, 15) is 14.7 Å². The zero-order valence-corrected chi connectivity index (χ0v) is 28.1. The highest BCUT2D eigenvalue weighted by molar-refractivity contribution is 8.00. The average Bonchev–Trinajstić information content (AvgIpc) is 3.65. The van der Waals surface area contributed by atoms with Gasteiger partial charge in [-0.1, -0.05) is 94.9 Å². The molecule has 5 aromatic rings. The number of ether oxygens (including phenoxy) is 1. The number of aryl methyl sites for hydroxylation is 2. The van der Waals surface area contributed by atoms with Crippen molar-refractivity contribution >= 4 is 51.4 Å². The van der Waals surface area contributed by atoms with Gasteiger partial charge in [0.2, 0.25) is 5.13 Å². The molecule has 238 valence electrons. The first-order chi connectivity index (χ1) is 22.7. The van der Waals surface area contributed by atoms with E-state index in [4.69, 9.17) is 4.74 Å².